The molecule has 0 saturated heterocycles. The number of aromatic nitrogens is 1. The van der Waals surface area contributed by atoms with Crippen LogP contribution in [-0.2, 0) is 11.3 Å². The molecule has 1 aromatic heterocycles. The molecule has 0 atom stereocenters. The number of nitrogens with zero attached hydrogens (tertiary/aromatic N) is 1. The molecule has 1 heterocycles. The van der Waals surface area contributed by atoms with Crippen LogP contribution in [0.15, 0.2) is 18.5 Å². The highest BCUT2D eigenvalue weighted by atomic mass is 16.1. The number of nitrogen functional groups attached to an aromatic ring is 1. The van der Waals surface area contributed by atoms with Gasteiger partial charge in [0.1, 0.15) is 5.56 Å². The number of amides is 1. The second-order valence-electron chi connectivity index (χ2n) is 3.05. The summed E-state index contributed by atoms with van der Waals surface area (Å²) in [6.45, 7) is 1.67. The smallest absolute Gasteiger partial charge is 0.256 e. The molecule has 0 aliphatic rings. The largest absolute Gasteiger partial charge is 0.398 e. The van der Waals surface area contributed by atoms with E-state index in [9.17, 15) is 9.59 Å². The summed E-state index contributed by atoms with van der Waals surface area (Å²) < 4.78 is 1.57. The van der Waals surface area contributed by atoms with E-state index in [0.29, 0.717) is 5.69 Å². The Morgan fingerprint density at radius 2 is 2.14 bits per heavy atom. The van der Waals surface area contributed by atoms with Gasteiger partial charge in [-0.25, -0.2) is 0 Å². The average molecular weight is 194 g/mol. The highest BCUT2D eigenvalue weighted by Gasteiger charge is 2.12. The zero-order valence-electron chi connectivity index (χ0n) is 7.86. The van der Waals surface area contributed by atoms with Crippen LogP contribution in [-0.4, -0.2) is 11.7 Å². The van der Waals surface area contributed by atoms with Gasteiger partial charge < -0.3 is 11.5 Å². The second kappa shape index (κ2) is 3.87. The predicted octanol–water partition coefficient (Wildman–Crippen LogP) is -0.756. The normalized spacial score (nSPS) is 9.79. The van der Waals surface area contributed by atoms with Gasteiger partial charge in [-0.05, 0) is 0 Å². The molecule has 4 N–H and O–H groups in total. The SMILES string of the molecule is CC(=O)C[n+]1ccc(N)c(C(N)=O)c1. The molecule has 0 radical (unpaired) electrons. The molecule has 1 amide bonds. The van der Waals surface area contributed by atoms with Crippen LogP contribution in [0.3, 0.4) is 0 Å². The van der Waals surface area contributed by atoms with Crippen molar-refractivity contribution in [2.75, 3.05) is 5.73 Å². The van der Waals surface area contributed by atoms with E-state index in [0.717, 1.165) is 0 Å². The maximum absolute atomic E-state index is 10.9. The molecule has 5 nitrogen and oxygen atoms in total. The predicted molar refractivity (Wildman–Crippen MR) is 50.2 cm³/mol. The van der Waals surface area contributed by atoms with Crippen LogP contribution in [0.4, 0.5) is 5.69 Å². The lowest BCUT2D eigenvalue weighted by Crippen LogP contribution is -2.38. The number of nitrogens with two attached hydrogens (primary N) is 2. The molecule has 0 fully saturated rings. The first kappa shape index (κ1) is 10.2. The van der Waals surface area contributed by atoms with Crippen molar-refractivity contribution in [1.82, 2.24) is 0 Å². The highest BCUT2D eigenvalue weighted by Crippen LogP contribution is 2.05. The second-order valence-corrected chi connectivity index (χ2v) is 3.05. The monoisotopic (exact) mass is 194 g/mol. The minimum Gasteiger partial charge on any atom is -0.398 e. The van der Waals surface area contributed by atoms with Gasteiger partial charge in [-0.15, -0.1) is 0 Å². The third kappa shape index (κ3) is 2.29. The summed E-state index contributed by atoms with van der Waals surface area (Å²) in [6, 6.07) is 1.54. The Morgan fingerprint density at radius 1 is 1.50 bits per heavy atom. The molecule has 0 unspecified atom stereocenters. The third-order valence-electron chi connectivity index (χ3n) is 1.72. The number of carbonyl (C=O) groups excluding carboxylic acids is 2. The van der Waals surface area contributed by atoms with E-state index >= 15 is 0 Å². The molecule has 0 bridgehead atoms. The van der Waals surface area contributed by atoms with E-state index in [1.54, 1.807) is 16.8 Å². The number of Topliss-reactive ketones (excluding diaryl/α,β-unsaturated/α-hetero) is 1. The van der Waals surface area contributed by atoms with Crippen LogP contribution in [0.1, 0.15) is 17.3 Å². The summed E-state index contributed by atoms with van der Waals surface area (Å²) in [5.41, 5.74) is 11.2. The van der Waals surface area contributed by atoms with Gasteiger partial charge in [-0.3, -0.25) is 9.59 Å². The third-order valence-corrected chi connectivity index (χ3v) is 1.72. The first-order valence-electron chi connectivity index (χ1n) is 4.08. The summed E-state index contributed by atoms with van der Waals surface area (Å²) in [5, 5.41) is 0. The maximum atomic E-state index is 10.9. The van der Waals surface area contributed by atoms with E-state index < -0.39 is 5.91 Å². The van der Waals surface area contributed by atoms with Crippen LogP contribution in [0.2, 0.25) is 0 Å². The summed E-state index contributed by atoms with van der Waals surface area (Å²) in [4.78, 5) is 21.7. The fourth-order valence-electron chi connectivity index (χ4n) is 1.11. The summed E-state index contributed by atoms with van der Waals surface area (Å²) in [6.07, 6.45) is 3.10. The minimum absolute atomic E-state index is 0.00445. The van der Waals surface area contributed by atoms with Gasteiger partial charge in [0.15, 0.2) is 18.2 Å². The van der Waals surface area contributed by atoms with Crippen LogP contribution >= 0.6 is 0 Å². The summed E-state index contributed by atoms with van der Waals surface area (Å²) in [5.74, 6) is -0.601. The lowest BCUT2D eigenvalue weighted by atomic mass is 10.2. The number of carbonyl (C=O) groups is 2. The Morgan fingerprint density at radius 3 is 2.64 bits per heavy atom. The fourth-order valence-corrected chi connectivity index (χ4v) is 1.11. The maximum Gasteiger partial charge on any atom is 0.256 e. The Labute approximate surface area is 81.3 Å². The number of pyridine rings is 1. The molecule has 0 spiro atoms. The van der Waals surface area contributed by atoms with Crippen molar-refractivity contribution in [3.05, 3.63) is 24.0 Å². The molecule has 5 heteroatoms. The van der Waals surface area contributed by atoms with Crippen molar-refractivity contribution >= 4 is 17.4 Å². The van der Waals surface area contributed by atoms with Crippen LogP contribution in [0.25, 0.3) is 0 Å². The summed E-state index contributed by atoms with van der Waals surface area (Å²) >= 11 is 0. The quantitative estimate of drug-likeness (QED) is 0.620. The number of anilines is 1. The van der Waals surface area contributed by atoms with Gasteiger partial charge in [-0.2, -0.15) is 4.57 Å². The average Bonchev–Trinajstić information content (AvgIpc) is 2.07. The van der Waals surface area contributed by atoms with Crippen LogP contribution < -0.4 is 16.0 Å². The van der Waals surface area contributed by atoms with Gasteiger partial charge in [0, 0.05) is 13.0 Å². The van der Waals surface area contributed by atoms with Crippen molar-refractivity contribution in [3.63, 3.8) is 0 Å². The molecule has 0 aliphatic heterocycles. The van der Waals surface area contributed by atoms with Gasteiger partial charge in [0.25, 0.3) is 5.91 Å². The number of hydrogen-bond donors (Lipinski definition) is 2. The summed E-state index contributed by atoms with van der Waals surface area (Å²) in [7, 11) is 0. The molecule has 0 aliphatic carbocycles. The van der Waals surface area contributed by atoms with E-state index in [4.69, 9.17) is 11.5 Å². The van der Waals surface area contributed by atoms with Gasteiger partial charge >= 0.3 is 0 Å². The highest BCUT2D eigenvalue weighted by molar-refractivity contribution is 5.97. The molecule has 0 aromatic carbocycles. The molecular formula is C9H12N3O2+. The van der Waals surface area contributed by atoms with Gasteiger partial charge in [0.05, 0.1) is 5.69 Å². The first-order chi connectivity index (χ1) is 6.50. The zero-order chi connectivity index (χ0) is 10.7. The Kier molecular flexibility index (Phi) is 2.81. The van der Waals surface area contributed by atoms with Gasteiger partial charge in [0.2, 0.25) is 6.54 Å². The molecular weight excluding hydrogens is 182 g/mol. The van der Waals surface area contributed by atoms with E-state index in [1.807, 2.05) is 0 Å². The Bertz CT molecular complexity index is 388. The van der Waals surface area contributed by atoms with E-state index in [1.165, 1.54) is 13.1 Å². The van der Waals surface area contributed by atoms with Crippen molar-refractivity contribution in [1.29, 1.82) is 0 Å². The Hall–Kier alpha value is -1.91. The molecule has 1 rings (SSSR count). The van der Waals surface area contributed by atoms with Crippen molar-refractivity contribution in [3.8, 4) is 0 Å². The van der Waals surface area contributed by atoms with E-state index in [-0.39, 0.29) is 17.9 Å². The number of rotatable bonds is 3. The topological polar surface area (TPSA) is 90.1 Å². The fraction of sp³-hybridized carbons (Fsp3) is 0.222. The zero-order valence-corrected chi connectivity index (χ0v) is 7.86. The molecule has 0 saturated carbocycles. The van der Waals surface area contributed by atoms with Crippen molar-refractivity contribution in [2.45, 2.75) is 13.5 Å². The van der Waals surface area contributed by atoms with Crippen molar-refractivity contribution in [2.24, 2.45) is 5.73 Å². The number of primary amides is 1. The molecule has 14 heavy (non-hydrogen) atoms. The molecule has 1 aromatic rings. The van der Waals surface area contributed by atoms with E-state index in [2.05, 4.69) is 0 Å². The standard InChI is InChI=1S/C9H11N3O2/c1-6(13)4-12-3-2-8(10)7(5-12)9(11)14/h2-3,5,10H,4H2,1H3,(H2,11,14)/p+1. The lowest BCUT2D eigenvalue weighted by Gasteiger charge is -1.99. The van der Waals surface area contributed by atoms with Crippen LogP contribution in [0.5, 0.6) is 0 Å². The Balaban J connectivity index is 3.06. The molecule has 74 valence electrons. The van der Waals surface area contributed by atoms with Crippen molar-refractivity contribution < 1.29 is 14.2 Å². The first-order valence-corrected chi connectivity index (χ1v) is 4.08. The lowest BCUT2D eigenvalue weighted by molar-refractivity contribution is -0.684. The number of hydrogen-bond acceptors (Lipinski definition) is 3. The number of ketones is 1. The van der Waals surface area contributed by atoms with Crippen LogP contribution in [0, 0.1) is 0 Å². The van der Waals surface area contributed by atoms with Gasteiger partial charge in [-0.1, -0.05) is 0 Å². The minimum atomic E-state index is -0.597.